The van der Waals surface area contributed by atoms with Gasteiger partial charge in [0.1, 0.15) is 0 Å². The monoisotopic (exact) mass is 324 g/mol. The van der Waals surface area contributed by atoms with Crippen molar-refractivity contribution in [2.75, 3.05) is 14.2 Å². The molecule has 0 heterocycles. The molecule has 0 aliphatic rings. The van der Waals surface area contributed by atoms with E-state index in [0.717, 1.165) is 16.3 Å². The number of esters is 2. The molecule has 0 N–H and O–H groups in total. The van der Waals surface area contributed by atoms with Gasteiger partial charge in [0.2, 0.25) is 0 Å². The predicted octanol–water partition coefficient (Wildman–Crippen LogP) is 3.62. The molecule has 24 heavy (non-hydrogen) atoms. The number of benzene rings is 2. The van der Waals surface area contributed by atoms with E-state index in [4.69, 9.17) is 9.47 Å². The molecular formula is C20H20O4. The van der Waals surface area contributed by atoms with Gasteiger partial charge in [0, 0.05) is 5.92 Å². The topological polar surface area (TPSA) is 52.6 Å². The van der Waals surface area contributed by atoms with E-state index in [1.54, 1.807) is 12.2 Å². The van der Waals surface area contributed by atoms with Crippen molar-refractivity contribution >= 4 is 28.8 Å². The zero-order valence-corrected chi connectivity index (χ0v) is 13.8. The largest absolute Gasteiger partial charge is 0.468 e. The second kappa shape index (κ2) is 8.11. The second-order valence-corrected chi connectivity index (χ2v) is 5.26. The Morgan fingerprint density at radius 1 is 1.00 bits per heavy atom. The van der Waals surface area contributed by atoms with Gasteiger partial charge in [0.25, 0.3) is 0 Å². The number of hydrogen-bond donors (Lipinski definition) is 0. The summed E-state index contributed by atoms with van der Waals surface area (Å²) in [7, 11) is 2.49. The molecule has 2 aromatic rings. The molecule has 0 aliphatic carbocycles. The molecule has 0 fully saturated rings. The predicted molar refractivity (Wildman–Crippen MR) is 94.2 cm³/mol. The van der Waals surface area contributed by atoms with Gasteiger partial charge in [0.15, 0.2) is 5.92 Å². The summed E-state index contributed by atoms with van der Waals surface area (Å²) in [6, 6.07) is 14.0. The van der Waals surface area contributed by atoms with Crippen molar-refractivity contribution in [3.8, 4) is 0 Å². The third-order valence-electron chi connectivity index (χ3n) is 3.89. The van der Waals surface area contributed by atoms with Crippen LogP contribution in [0, 0.1) is 11.8 Å². The molecular weight excluding hydrogens is 304 g/mol. The van der Waals surface area contributed by atoms with E-state index in [2.05, 4.69) is 6.58 Å². The van der Waals surface area contributed by atoms with Crippen LogP contribution in [0.1, 0.15) is 5.56 Å². The molecule has 1 atom stereocenters. The Labute approximate surface area is 141 Å². The van der Waals surface area contributed by atoms with Gasteiger partial charge in [-0.05, 0) is 16.3 Å². The van der Waals surface area contributed by atoms with Gasteiger partial charge in [-0.2, -0.15) is 0 Å². The maximum absolute atomic E-state index is 11.9. The van der Waals surface area contributed by atoms with Gasteiger partial charge in [-0.3, -0.25) is 9.59 Å². The van der Waals surface area contributed by atoms with E-state index >= 15 is 0 Å². The lowest BCUT2D eigenvalue weighted by Gasteiger charge is -2.17. The van der Waals surface area contributed by atoms with Crippen molar-refractivity contribution in [3.05, 3.63) is 66.8 Å². The Kier molecular flexibility index (Phi) is 5.90. The molecule has 0 amide bonds. The minimum Gasteiger partial charge on any atom is -0.468 e. The molecule has 0 saturated carbocycles. The average Bonchev–Trinajstić information content (AvgIpc) is 2.63. The fourth-order valence-electron chi connectivity index (χ4n) is 2.60. The summed E-state index contributed by atoms with van der Waals surface area (Å²) >= 11 is 0. The number of hydrogen-bond acceptors (Lipinski definition) is 4. The van der Waals surface area contributed by atoms with Gasteiger partial charge < -0.3 is 9.47 Å². The number of fused-ring (bicyclic) bond motifs is 1. The van der Waals surface area contributed by atoms with Gasteiger partial charge >= 0.3 is 11.9 Å². The molecule has 2 rings (SSSR count). The van der Waals surface area contributed by atoms with Crippen LogP contribution in [0.5, 0.6) is 0 Å². The standard InChI is InChI=1S/C20H20O4/c1-4-14(18(19(21)23-2)20(22)24-3)12-13-16-10-7-9-15-8-5-6-11-17(15)16/h4-14,18H,1H2,2-3H3/b13-12+. The molecule has 0 spiro atoms. The molecule has 0 aliphatic heterocycles. The Morgan fingerprint density at radius 2 is 1.62 bits per heavy atom. The lowest BCUT2D eigenvalue weighted by atomic mass is 9.91. The van der Waals surface area contributed by atoms with Crippen LogP contribution >= 0.6 is 0 Å². The van der Waals surface area contributed by atoms with Crippen molar-refractivity contribution in [1.29, 1.82) is 0 Å². The van der Waals surface area contributed by atoms with Gasteiger partial charge in [-0.25, -0.2) is 0 Å². The summed E-state index contributed by atoms with van der Waals surface area (Å²) in [5.74, 6) is -2.88. The molecule has 0 bridgehead atoms. The molecule has 0 aromatic heterocycles. The van der Waals surface area contributed by atoms with Gasteiger partial charge in [-0.15, -0.1) is 6.58 Å². The number of carbonyl (C=O) groups is 2. The Bertz CT molecular complexity index is 755. The average molecular weight is 324 g/mol. The van der Waals surface area contributed by atoms with E-state index in [-0.39, 0.29) is 0 Å². The quantitative estimate of drug-likeness (QED) is 0.463. The van der Waals surface area contributed by atoms with Crippen LogP contribution in [0.4, 0.5) is 0 Å². The summed E-state index contributed by atoms with van der Waals surface area (Å²) in [5, 5.41) is 2.21. The summed E-state index contributed by atoms with van der Waals surface area (Å²) in [6.45, 7) is 3.72. The number of carbonyl (C=O) groups excluding carboxylic acids is 2. The van der Waals surface area contributed by atoms with Crippen molar-refractivity contribution in [2.45, 2.75) is 0 Å². The van der Waals surface area contributed by atoms with Crippen LogP contribution in [-0.2, 0) is 19.1 Å². The second-order valence-electron chi connectivity index (χ2n) is 5.26. The zero-order valence-electron chi connectivity index (χ0n) is 13.8. The maximum atomic E-state index is 11.9. The van der Waals surface area contributed by atoms with E-state index in [1.807, 2.05) is 48.5 Å². The number of allylic oxidation sites excluding steroid dienone is 2. The molecule has 4 nitrogen and oxygen atoms in total. The van der Waals surface area contributed by atoms with E-state index in [9.17, 15) is 9.59 Å². The maximum Gasteiger partial charge on any atom is 0.320 e. The van der Waals surface area contributed by atoms with Crippen molar-refractivity contribution < 1.29 is 19.1 Å². The Morgan fingerprint density at radius 3 is 2.25 bits per heavy atom. The van der Waals surface area contributed by atoms with Gasteiger partial charge in [0.05, 0.1) is 14.2 Å². The van der Waals surface area contributed by atoms with E-state index < -0.39 is 23.8 Å². The third kappa shape index (κ3) is 3.71. The minimum absolute atomic E-state index is 0.524. The fraction of sp³-hybridized carbons (Fsp3) is 0.200. The van der Waals surface area contributed by atoms with Crippen molar-refractivity contribution in [2.24, 2.45) is 11.8 Å². The van der Waals surface area contributed by atoms with Gasteiger partial charge in [-0.1, -0.05) is 60.7 Å². The SMILES string of the molecule is C=CC(/C=C/c1cccc2ccccc12)C(C(=O)OC)C(=O)OC. The van der Waals surface area contributed by atoms with Crippen LogP contribution in [-0.4, -0.2) is 26.2 Å². The van der Waals surface area contributed by atoms with Crippen LogP contribution in [0.2, 0.25) is 0 Å². The molecule has 0 saturated heterocycles. The highest BCUT2D eigenvalue weighted by atomic mass is 16.5. The zero-order chi connectivity index (χ0) is 17.5. The first kappa shape index (κ1) is 17.5. The first-order valence-corrected chi connectivity index (χ1v) is 7.56. The molecule has 2 aromatic carbocycles. The Hall–Kier alpha value is -2.88. The van der Waals surface area contributed by atoms with Crippen LogP contribution < -0.4 is 0 Å². The molecule has 1 unspecified atom stereocenters. The smallest absolute Gasteiger partial charge is 0.320 e. The van der Waals surface area contributed by atoms with Crippen molar-refractivity contribution in [1.82, 2.24) is 0 Å². The minimum atomic E-state index is -1.07. The fourth-order valence-corrected chi connectivity index (χ4v) is 2.60. The molecule has 124 valence electrons. The highest BCUT2D eigenvalue weighted by molar-refractivity contribution is 5.96. The number of methoxy groups -OCH3 is 2. The first-order chi connectivity index (χ1) is 11.6. The Balaban J connectivity index is 2.37. The van der Waals surface area contributed by atoms with Crippen LogP contribution in [0.15, 0.2) is 61.2 Å². The highest BCUT2D eigenvalue weighted by Crippen LogP contribution is 2.23. The molecule has 0 radical (unpaired) electrons. The highest BCUT2D eigenvalue weighted by Gasteiger charge is 2.33. The summed E-state index contributed by atoms with van der Waals surface area (Å²) in [5.41, 5.74) is 0.994. The first-order valence-electron chi connectivity index (χ1n) is 7.56. The number of ether oxygens (including phenoxy) is 2. The molecule has 4 heteroatoms. The lowest BCUT2D eigenvalue weighted by Crippen LogP contribution is -2.31. The van der Waals surface area contributed by atoms with Crippen molar-refractivity contribution in [3.63, 3.8) is 0 Å². The van der Waals surface area contributed by atoms with E-state index in [0.29, 0.717) is 0 Å². The van der Waals surface area contributed by atoms with Crippen LogP contribution in [0.25, 0.3) is 16.8 Å². The third-order valence-corrected chi connectivity index (χ3v) is 3.89. The summed E-state index contributed by atoms with van der Waals surface area (Å²) in [6.07, 6.45) is 5.20. The van der Waals surface area contributed by atoms with Crippen LogP contribution in [0.3, 0.4) is 0 Å². The normalized spacial score (nSPS) is 12.3. The summed E-state index contributed by atoms with van der Waals surface area (Å²) < 4.78 is 9.44. The van der Waals surface area contributed by atoms with E-state index in [1.165, 1.54) is 14.2 Å². The summed E-state index contributed by atoms with van der Waals surface area (Å²) in [4.78, 5) is 23.9. The lowest BCUT2D eigenvalue weighted by molar-refractivity contribution is -0.159. The number of rotatable bonds is 6.